The SMILES string of the molecule is N#CCn1cc(-c2ccccc2)c2cc(Br)ccc21. The standard InChI is InChI=1S/C16H11BrN2/c17-13-6-7-16-14(10-13)15(11-19(16)9-8-18)12-4-2-1-3-5-12/h1-7,10-11H,9H2. The van der Waals surface area contributed by atoms with E-state index in [0.717, 1.165) is 20.9 Å². The molecule has 3 aromatic rings. The molecule has 2 nitrogen and oxygen atoms in total. The second kappa shape index (κ2) is 4.91. The van der Waals surface area contributed by atoms with Gasteiger partial charge in [-0.3, -0.25) is 0 Å². The van der Waals surface area contributed by atoms with E-state index in [9.17, 15) is 0 Å². The van der Waals surface area contributed by atoms with Crippen LogP contribution in [0.1, 0.15) is 0 Å². The van der Waals surface area contributed by atoms with E-state index >= 15 is 0 Å². The molecule has 0 amide bonds. The zero-order valence-electron chi connectivity index (χ0n) is 10.2. The van der Waals surface area contributed by atoms with E-state index in [1.54, 1.807) is 0 Å². The van der Waals surface area contributed by atoms with Gasteiger partial charge in [-0.1, -0.05) is 46.3 Å². The van der Waals surface area contributed by atoms with Gasteiger partial charge in [-0.2, -0.15) is 5.26 Å². The zero-order valence-corrected chi connectivity index (χ0v) is 11.8. The first-order valence-corrected chi connectivity index (χ1v) is 6.79. The summed E-state index contributed by atoms with van der Waals surface area (Å²) in [6, 6.07) is 18.6. The molecule has 19 heavy (non-hydrogen) atoms. The molecule has 1 aromatic heterocycles. The van der Waals surface area contributed by atoms with Crippen molar-refractivity contribution in [2.24, 2.45) is 0 Å². The molecule has 0 spiro atoms. The first kappa shape index (κ1) is 12.0. The van der Waals surface area contributed by atoms with E-state index in [4.69, 9.17) is 5.26 Å². The number of hydrogen-bond donors (Lipinski definition) is 0. The molecule has 0 atom stereocenters. The fourth-order valence-corrected chi connectivity index (χ4v) is 2.69. The van der Waals surface area contributed by atoms with Gasteiger partial charge < -0.3 is 4.57 Å². The number of fused-ring (bicyclic) bond motifs is 1. The van der Waals surface area contributed by atoms with Gasteiger partial charge in [-0.25, -0.2) is 0 Å². The normalized spacial score (nSPS) is 10.5. The Balaban J connectivity index is 2.30. The molecule has 0 fully saturated rings. The Morgan fingerprint density at radius 1 is 1.11 bits per heavy atom. The first-order valence-electron chi connectivity index (χ1n) is 6.00. The highest BCUT2D eigenvalue weighted by Gasteiger charge is 2.10. The fraction of sp³-hybridized carbons (Fsp3) is 0.0625. The Morgan fingerprint density at radius 2 is 1.89 bits per heavy atom. The highest BCUT2D eigenvalue weighted by molar-refractivity contribution is 9.10. The van der Waals surface area contributed by atoms with Gasteiger partial charge in [-0.05, 0) is 23.8 Å². The summed E-state index contributed by atoms with van der Waals surface area (Å²) in [5, 5.41) is 10.1. The minimum absolute atomic E-state index is 0.366. The molecule has 3 rings (SSSR count). The molecule has 3 heteroatoms. The van der Waals surface area contributed by atoms with Gasteiger partial charge in [0.1, 0.15) is 6.54 Å². The topological polar surface area (TPSA) is 28.7 Å². The number of rotatable bonds is 2. The fourth-order valence-electron chi connectivity index (χ4n) is 2.32. The number of hydrogen-bond acceptors (Lipinski definition) is 1. The average molecular weight is 311 g/mol. The van der Waals surface area contributed by atoms with E-state index in [0.29, 0.717) is 6.54 Å². The first-order chi connectivity index (χ1) is 9.29. The van der Waals surface area contributed by atoms with Gasteiger partial charge in [0.15, 0.2) is 0 Å². The van der Waals surface area contributed by atoms with Crippen molar-refractivity contribution in [1.29, 1.82) is 5.26 Å². The summed E-state index contributed by atoms with van der Waals surface area (Å²) >= 11 is 3.51. The van der Waals surface area contributed by atoms with Gasteiger partial charge in [0.2, 0.25) is 0 Å². The van der Waals surface area contributed by atoms with Crippen molar-refractivity contribution in [1.82, 2.24) is 4.57 Å². The summed E-state index contributed by atoms with van der Waals surface area (Å²) in [4.78, 5) is 0. The summed E-state index contributed by atoms with van der Waals surface area (Å²) in [5.41, 5.74) is 3.41. The highest BCUT2D eigenvalue weighted by Crippen LogP contribution is 2.32. The smallest absolute Gasteiger partial charge is 0.110 e. The lowest BCUT2D eigenvalue weighted by Gasteiger charge is -1.99. The summed E-state index contributed by atoms with van der Waals surface area (Å²) in [6.45, 7) is 0.366. The number of nitrogens with zero attached hydrogens (tertiary/aromatic N) is 2. The Kier molecular flexibility index (Phi) is 3.10. The molecular weight excluding hydrogens is 300 g/mol. The van der Waals surface area contributed by atoms with E-state index in [-0.39, 0.29) is 0 Å². The van der Waals surface area contributed by atoms with Crippen molar-refractivity contribution >= 4 is 26.8 Å². The van der Waals surface area contributed by atoms with Crippen molar-refractivity contribution in [2.75, 3.05) is 0 Å². The lowest BCUT2D eigenvalue weighted by atomic mass is 10.1. The van der Waals surface area contributed by atoms with Crippen molar-refractivity contribution in [3.8, 4) is 17.2 Å². The van der Waals surface area contributed by atoms with E-state index in [1.807, 2.05) is 34.9 Å². The maximum atomic E-state index is 8.93. The number of benzene rings is 2. The molecule has 0 bridgehead atoms. The molecule has 0 aliphatic carbocycles. The maximum Gasteiger partial charge on any atom is 0.110 e. The van der Waals surface area contributed by atoms with Gasteiger partial charge >= 0.3 is 0 Å². The van der Waals surface area contributed by atoms with Crippen LogP contribution in [-0.4, -0.2) is 4.57 Å². The summed E-state index contributed by atoms with van der Waals surface area (Å²) in [5.74, 6) is 0. The summed E-state index contributed by atoms with van der Waals surface area (Å²) in [7, 11) is 0. The lowest BCUT2D eigenvalue weighted by Crippen LogP contribution is -1.91. The minimum Gasteiger partial charge on any atom is -0.333 e. The molecule has 0 radical (unpaired) electrons. The van der Waals surface area contributed by atoms with Crippen LogP contribution in [0.4, 0.5) is 0 Å². The number of halogens is 1. The lowest BCUT2D eigenvalue weighted by molar-refractivity contribution is 0.875. The Labute approximate surface area is 120 Å². The molecule has 92 valence electrons. The Bertz CT molecular complexity index is 767. The molecule has 0 N–H and O–H groups in total. The van der Waals surface area contributed by atoms with E-state index < -0.39 is 0 Å². The highest BCUT2D eigenvalue weighted by atomic mass is 79.9. The van der Waals surface area contributed by atoms with Crippen LogP contribution in [0, 0.1) is 11.3 Å². The van der Waals surface area contributed by atoms with E-state index in [1.165, 1.54) is 5.56 Å². The Morgan fingerprint density at radius 3 is 2.63 bits per heavy atom. The molecule has 1 heterocycles. The van der Waals surface area contributed by atoms with Crippen molar-refractivity contribution in [2.45, 2.75) is 6.54 Å². The summed E-state index contributed by atoms with van der Waals surface area (Å²) < 4.78 is 3.04. The molecule has 0 aliphatic rings. The number of nitriles is 1. The third-order valence-electron chi connectivity index (χ3n) is 3.17. The monoisotopic (exact) mass is 310 g/mol. The van der Waals surface area contributed by atoms with Crippen LogP contribution in [0.3, 0.4) is 0 Å². The second-order valence-corrected chi connectivity index (χ2v) is 5.27. The predicted molar refractivity (Wildman–Crippen MR) is 80.7 cm³/mol. The van der Waals surface area contributed by atoms with Gasteiger partial charge in [0.25, 0.3) is 0 Å². The number of aromatic nitrogens is 1. The molecular formula is C16H11BrN2. The largest absolute Gasteiger partial charge is 0.333 e. The van der Waals surface area contributed by atoms with Crippen LogP contribution in [0.5, 0.6) is 0 Å². The molecule has 2 aromatic carbocycles. The van der Waals surface area contributed by atoms with Crippen LogP contribution in [-0.2, 0) is 6.54 Å². The quantitative estimate of drug-likeness (QED) is 0.680. The average Bonchev–Trinajstić information content (AvgIpc) is 2.78. The Hall–Kier alpha value is -2.05. The van der Waals surface area contributed by atoms with E-state index in [2.05, 4.69) is 46.4 Å². The van der Waals surface area contributed by atoms with Crippen molar-refractivity contribution in [3.05, 3.63) is 59.2 Å². The molecule has 0 aliphatic heterocycles. The minimum atomic E-state index is 0.366. The zero-order chi connectivity index (χ0) is 13.2. The molecule has 0 unspecified atom stereocenters. The molecule has 0 saturated heterocycles. The van der Waals surface area contributed by atoms with Gasteiger partial charge in [0.05, 0.1) is 6.07 Å². The van der Waals surface area contributed by atoms with Crippen molar-refractivity contribution < 1.29 is 0 Å². The summed E-state index contributed by atoms with van der Waals surface area (Å²) in [6.07, 6.45) is 2.05. The van der Waals surface area contributed by atoms with Crippen LogP contribution in [0.25, 0.3) is 22.0 Å². The van der Waals surface area contributed by atoms with Crippen LogP contribution < -0.4 is 0 Å². The molecule has 0 saturated carbocycles. The maximum absolute atomic E-state index is 8.93. The predicted octanol–water partition coefficient (Wildman–Crippen LogP) is 4.59. The van der Waals surface area contributed by atoms with Crippen LogP contribution in [0.15, 0.2) is 59.2 Å². The second-order valence-electron chi connectivity index (χ2n) is 4.36. The van der Waals surface area contributed by atoms with Crippen molar-refractivity contribution in [3.63, 3.8) is 0 Å². The van der Waals surface area contributed by atoms with Gasteiger partial charge in [-0.15, -0.1) is 0 Å². The van der Waals surface area contributed by atoms with Gasteiger partial charge in [0, 0.05) is 27.1 Å². The van der Waals surface area contributed by atoms with Crippen LogP contribution in [0.2, 0.25) is 0 Å². The van der Waals surface area contributed by atoms with Crippen LogP contribution >= 0.6 is 15.9 Å². The third kappa shape index (κ3) is 2.16. The third-order valence-corrected chi connectivity index (χ3v) is 3.66.